The second kappa shape index (κ2) is 6.45. The third-order valence-electron chi connectivity index (χ3n) is 3.19. The minimum atomic E-state index is -0.388. The molecule has 0 spiro atoms. The van der Waals surface area contributed by atoms with Crippen LogP contribution >= 0.6 is 11.6 Å². The van der Waals surface area contributed by atoms with Crippen molar-refractivity contribution >= 4 is 23.0 Å². The van der Waals surface area contributed by atoms with Crippen molar-refractivity contribution in [1.82, 2.24) is 0 Å². The molecule has 0 aliphatic heterocycles. The van der Waals surface area contributed by atoms with Gasteiger partial charge in [-0.15, -0.1) is 0 Å². The average Bonchev–Trinajstić information content (AvgIpc) is 2.47. The Kier molecular flexibility index (Phi) is 4.65. The zero-order valence-electron chi connectivity index (χ0n) is 11.5. The molecule has 0 fully saturated rings. The van der Waals surface area contributed by atoms with E-state index in [-0.39, 0.29) is 16.4 Å². The van der Waals surface area contributed by atoms with Crippen LogP contribution in [0.4, 0.5) is 11.4 Å². The summed E-state index contributed by atoms with van der Waals surface area (Å²) in [6, 6.07) is 9.79. The highest BCUT2D eigenvalue weighted by Crippen LogP contribution is 2.26. The van der Waals surface area contributed by atoms with Gasteiger partial charge in [0.05, 0.1) is 4.92 Å². The van der Waals surface area contributed by atoms with Gasteiger partial charge < -0.3 is 10.4 Å². The molecule has 6 heteroatoms. The standard InChI is InChI=1S/C15H15ClN2O3/c1-2-10-3-5-13(8-14(10)18(20)21)17-9-11-7-12(16)4-6-15(11)19/h3-8,17,19H,2,9H2,1H3. The first-order chi connectivity index (χ1) is 10.0. The van der Waals surface area contributed by atoms with Crippen molar-refractivity contribution < 1.29 is 10.0 Å². The van der Waals surface area contributed by atoms with Crippen LogP contribution in [0, 0.1) is 10.1 Å². The summed E-state index contributed by atoms with van der Waals surface area (Å²) in [6.45, 7) is 2.20. The van der Waals surface area contributed by atoms with Crippen LogP contribution in [0.15, 0.2) is 36.4 Å². The number of aryl methyl sites for hydroxylation is 1. The second-order valence-electron chi connectivity index (χ2n) is 4.58. The summed E-state index contributed by atoms with van der Waals surface area (Å²) < 4.78 is 0. The van der Waals surface area contributed by atoms with E-state index in [4.69, 9.17) is 11.6 Å². The van der Waals surface area contributed by atoms with Gasteiger partial charge in [-0.2, -0.15) is 0 Å². The van der Waals surface area contributed by atoms with Crippen LogP contribution in [0.1, 0.15) is 18.1 Å². The largest absolute Gasteiger partial charge is 0.508 e. The lowest BCUT2D eigenvalue weighted by atomic mass is 10.1. The number of anilines is 1. The van der Waals surface area contributed by atoms with Crippen molar-refractivity contribution in [1.29, 1.82) is 0 Å². The number of hydrogen-bond acceptors (Lipinski definition) is 4. The summed E-state index contributed by atoms with van der Waals surface area (Å²) in [7, 11) is 0. The summed E-state index contributed by atoms with van der Waals surface area (Å²) in [5.74, 6) is 0.131. The normalized spacial score (nSPS) is 10.4. The van der Waals surface area contributed by atoms with Gasteiger partial charge >= 0.3 is 0 Å². The molecule has 110 valence electrons. The number of rotatable bonds is 5. The maximum absolute atomic E-state index is 11.0. The third-order valence-corrected chi connectivity index (χ3v) is 3.42. The van der Waals surface area contributed by atoms with Crippen molar-refractivity contribution in [3.05, 3.63) is 62.7 Å². The molecule has 0 heterocycles. The first kappa shape index (κ1) is 15.1. The van der Waals surface area contributed by atoms with E-state index in [2.05, 4.69) is 5.32 Å². The molecule has 0 aliphatic rings. The van der Waals surface area contributed by atoms with E-state index in [9.17, 15) is 15.2 Å². The maximum atomic E-state index is 11.0. The van der Waals surface area contributed by atoms with E-state index in [1.54, 1.807) is 24.3 Å². The van der Waals surface area contributed by atoms with Crippen LogP contribution in [0.5, 0.6) is 5.75 Å². The number of nitrogens with one attached hydrogen (secondary N) is 1. The molecule has 2 aromatic rings. The van der Waals surface area contributed by atoms with Gasteiger partial charge in [-0.25, -0.2) is 0 Å². The summed E-state index contributed by atoms with van der Waals surface area (Å²) in [5.41, 5.74) is 2.04. The Morgan fingerprint density at radius 3 is 2.67 bits per heavy atom. The summed E-state index contributed by atoms with van der Waals surface area (Å²) in [6.07, 6.45) is 0.603. The van der Waals surface area contributed by atoms with Gasteiger partial charge in [-0.3, -0.25) is 10.1 Å². The Labute approximate surface area is 127 Å². The average molecular weight is 307 g/mol. The van der Waals surface area contributed by atoms with Gasteiger partial charge in [0.2, 0.25) is 0 Å². The van der Waals surface area contributed by atoms with Gasteiger partial charge in [0.15, 0.2) is 0 Å². The fourth-order valence-corrected chi connectivity index (χ4v) is 2.23. The smallest absolute Gasteiger partial charge is 0.274 e. The monoisotopic (exact) mass is 306 g/mol. The molecule has 0 radical (unpaired) electrons. The molecule has 21 heavy (non-hydrogen) atoms. The molecular formula is C15H15ClN2O3. The lowest BCUT2D eigenvalue weighted by Gasteiger charge is -2.09. The molecule has 2 aromatic carbocycles. The number of benzene rings is 2. The SMILES string of the molecule is CCc1ccc(NCc2cc(Cl)ccc2O)cc1[N+](=O)[O-]. The summed E-state index contributed by atoms with van der Waals surface area (Å²) in [4.78, 5) is 10.6. The Balaban J connectivity index is 2.18. The third kappa shape index (κ3) is 3.64. The van der Waals surface area contributed by atoms with Gasteiger partial charge in [-0.05, 0) is 30.7 Å². The predicted molar refractivity (Wildman–Crippen MR) is 82.9 cm³/mol. The molecule has 2 rings (SSSR count). The first-order valence-electron chi connectivity index (χ1n) is 6.50. The lowest BCUT2D eigenvalue weighted by Crippen LogP contribution is -2.02. The highest BCUT2D eigenvalue weighted by molar-refractivity contribution is 6.30. The predicted octanol–water partition coefficient (Wildman–Crippen LogP) is 4.13. The summed E-state index contributed by atoms with van der Waals surface area (Å²) >= 11 is 5.88. The molecule has 2 N–H and O–H groups in total. The molecule has 0 saturated carbocycles. The van der Waals surface area contributed by atoms with Crippen molar-refractivity contribution in [2.75, 3.05) is 5.32 Å². The van der Waals surface area contributed by atoms with Crippen LogP contribution in [-0.4, -0.2) is 10.0 Å². The van der Waals surface area contributed by atoms with Crippen molar-refractivity contribution in [2.24, 2.45) is 0 Å². The van der Waals surface area contributed by atoms with Crippen molar-refractivity contribution in [3.63, 3.8) is 0 Å². The zero-order valence-corrected chi connectivity index (χ0v) is 12.2. The Morgan fingerprint density at radius 2 is 2.00 bits per heavy atom. The van der Waals surface area contributed by atoms with Crippen LogP contribution < -0.4 is 5.32 Å². The molecule has 0 amide bonds. The Hall–Kier alpha value is -2.27. The zero-order chi connectivity index (χ0) is 15.4. The number of hydrogen-bond donors (Lipinski definition) is 2. The number of phenolic OH excluding ortho intramolecular Hbond substituents is 1. The Bertz CT molecular complexity index is 674. The van der Waals surface area contributed by atoms with E-state index < -0.39 is 0 Å². The number of nitro benzene ring substituents is 1. The minimum absolute atomic E-state index is 0.0952. The van der Waals surface area contributed by atoms with Crippen LogP contribution in [0.25, 0.3) is 0 Å². The molecule has 0 aromatic heterocycles. The Morgan fingerprint density at radius 1 is 1.24 bits per heavy atom. The number of nitro groups is 1. The highest BCUT2D eigenvalue weighted by atomic mass is 35.5. The van der Waals surface area contributed by atoms with E-state index in [1.165, 1.54) is 12.1 Å². The quantitative estimate of drug-likeness (QED) is 0.643. The molecule has 0 bridgehead atoms. The number of aromatic hydroxyl groups is 1. The first-order valence-corrected chi connectivity index (χ1v) is 6.87. The fourth-order valence-electron chi connectivity index (χ4n) is 2.04. The summed E-state index contributed by atoms with van der Waals surface area (Å²) in [5, 5.41) is 24.3. The molecule has 0 saturated heterocycles. The van der Waals surface area contributed by atoms with Crippen molar-refractivity contribution in [2.45, 2.75) is 19.9 Å². The lowest BCUT2D eigenvalue weighted by molar-refractivity contribution is -0.385. The molecule has 0 atom stereocenters. The van der Waals surface area contributed by atoms with E-state index in [0.29, 0.717) is 34.8 Å². The topological polar surface area (TPSA) is 75.4 Å². The van der Waals surface area contributed by atoms with E-state index in [1.807, 2.05) is 6.92 Å². The highest BCUT2D eigenvalue weighted by Gasteiger charge is 2.13. The molecule has 5 nitrogen and oxygen atoms in total. The van der Waals surface area contributed by atoms with Crippen LogP contribution in [-0.2, 0) is 13.0 Å². The van der Waals surface area contributed by atoms with Crippen molar-refractivity contribution in [3.8, 4) is 5.75 Å². The van der Waals surface area contributed by atoms with Gasteiger partial charge in [-0.1, -0.05) is 24.6 Å². The minimum Gasteiger partial charge on any atom is -0.508 e. The maximum Gasteiger partial charge on any atom is 0.274 e. The number of phenols is 1. The molecule has 0 unspecified atom stereocenters. The number of nitrogens with zero attached hydrogens (tertiary/aromatic N) is 1. The van der Waals surface area contributed by atoms with E-state index >= 15 is 0 Å². The van der Waals surface area contributed by atoms with Gasteiger partial charge in [0.1, 0.15) is 5.75 Å². The van der Waals surface area contributed by atoms with Gasteiger partial charge in [0, 0.05) is 34.4 Å². The molecule has 0 aliphatic carbocycles. The van der Waals surface area contributed by atoms with Crippen LogP contribution in [0.3, 0.4) is 0 Å². The van der Waals surface area contributed by atoms with Gasteiger partial charge in [0.25, 0.3) is 5.69 Å². The number of halogens is 1. The van der Waals surface area contributed by atoms with E-state index in [0.717, 1.165) is 0 Å². The molecular weight excluding hydrogens is 292 g/mol. The second-order valence-corrected chi connectivity index (χ2v) is 5.02. The van der Waals surface area contributed by atoms with Crippen LogP contribution in [0.2, 0.25) is 5.02 Å². The fraction of sp³-hybridized carbons (Fsp3) is 0.200.